The number of aromatic nitrogens is 3. The number of nitrogens with one attached hydrogen (secondary N) is 1. The first-order valence-electron chi connectivity index (χ1n) is 12.1. The summed E-state index contributed by atoms with van der Waals surface area (Å²) in [5.74, 6) is -0.456. The van der Waals surface area contributed by atoms with Crippen LogP contribution in [0.5, 0.6) is 0 Å². The lowest BCUT2D eigenvalue weighted by molar-refractivity contribution is -0.112. The van der Waals surface area contributed by atoms with Crippen molar-refractivity contribution in [1.82, 2.24) is 14.8 Å². The second kappa shape index (κ2) is 16.0. The standard InChI is InChI=1S/C23H21BN16O2/c25-36-30-10-16-1-3-20(7-18(16)8-24(14-32-38-27)22(41)12-31-37-26)35-23(42)4-2-17-9-29-6-5-21(17)19-11-34-40(13-19)15-33-39-28/h1-7,9,11,13H,8,10,12,14-15H2,(H,35,42)/b4-2+. The van der Waals surface area contributed by atoms with Crippen molar-refractivity contribution in [2.45, 2.75) is 19.5 Å². The molecule has 0 bridgehead atoms. The Labute approximate surface area is 237 Å². The van der Waals surface area contributed by atoms with Crippen LogP contribution in [0.3, 0.4) is 0 Å². The Morgan fingerprint density at radius 1 is 0.976 bits per heavy atom. The van der Waals surface area contributed by atoms with Crippen LogP contribution >= 0.6 is 0 Å². The molecule has 0 unspecified atom stereocenters. The highest BCUT2D eigenvalue weighted by Gasteiger charge is 2.24. The lowest BCUT2D eigenvalue weighted by Gasteiger charge is -2.14. The van der Waals surface area contributed by atoms with Gasteiger partial charge in [-0.05, 0) is 69.4 Å². The van der Waals surface area contributed by atoms with Crippen LogP contribution in [0.25, 0.3) is 59.0 Å². The average Bonchev–Trinajstić information content (AvgIpc) is 3.48. The number of amides is 1. The first-order valence-corrected chi connectivity index (χ1v) is 12.1. The highest BCUT2D eigenvalue weighted by molar-refractivity contribution is 6.90. The van der Waals surface area contributed by atoms with E-state index in [1.807, 2.05) is 0 Å². The quantitative estimate of drug-likeness (QED) is 0.0820. The second-order valence-electron chi connectivity index (χ2n) is 8.47. The molecule has 0 aliphatic heterocycles. The highest BCUT2D eigenvalue weighted by atomic mass is 16.1. The van der Waals surface area contributed by atoms with E-state index in [-0.39, 0.29) is 26.0 Å². The number of rotatable bonds is 15. The maximum Gasteiger partial charge on any atom is 0.248 e. The van der Waals surface area contributed by atoms with E-state index in [9.17, 15) is 9.59 Å². The van der Waals surface area contributed by atoms with Gasteiger partial charge >= 0.3 is 0 Å². The van der Waals surface area contributed by atoms with Crippen molar-refractivity contribution >= 4 is 30.1 Å². The predicted octanol–water partition coefficient (Wildman–Crippen LogP) is 5.52. The molecule has 0 spiro atoms. The molecular weight excluding hydrogens is 543 g/mol. The number of hydrogen-bond acceptors (Lipinski definition) is 8. The Balaban J connectivity index is 1.82. The number of azide groups is 4. The van der Waals surface area contributed by atoms with E-state index in [1.54, 1.807) is 55.1 Å². The monoisotopic (exact) mass is 564 g/mol. The van der Waals surface area contributed by atoms with Gasteiger partial charge in [-0.3, -0.25) is 14.5 Å². The van der Waals surface area contributed by atoms with E-state index in [0.717, 1.165) is 11.1 Å². The van der Waals surface area contributed by atoms with Gasteiger partial charge in [-0.1, -0.05) is 21.4 Å². The normalized spacial score (nSPS) is 10.0. The topological polar surface area (TPSA) is 272 Å². The maximum absolute atomic E-state index is 12.8. The summed E-state index contributed by atoms with van der Waals surface area (Å²) in [4.78, 5) is 40.3. The largest absolute Gasteiger partial charge is 0.323 e. The third-order valence-corrected chi connectivity index (χ3v) is 5.84. The Kier molecular flexibility index (Phi) is 11.5. The summed E-state index contributed by atoms with van der Waals surface area (Å²) in [7, 11) is 0. The molecule has 208 valence electrons. The fourth-order valence-corrected chi connectivity index (χ4v) is 3.89. The van der Waals surface area contributed by atoms with Crippen LogP contribution in [-0.4, -0.2) is 46.1 Å². The molecular formula is C23H21BN16O2. The molecule has 0 saturated carbocycles. The zero-order chi connectivity index (χ0) is 30.2. The van der Waals surface area contributed by atoms with Gasteiger partial charge in [0.2, 0.25) is 12.6 Å². The van der Waals surface area contributed by atoms with Gasteiger partial charge in [-0.2, -0.15) is 5.10 Å². The number of anilines is 1. The number of carbonyl (C=O) groups is 2. The number of carbonyl (C=O) groups excluding carboxylic acids is 2. The molecule has 0 aliphatic carbocycles. The number of benzene rings is 1. The van der Waals surface area contributed by atoms with Gasteiger partial charge in [0.1, 0.15) is 6.67 Å². The SMILES string of the molecule is [N-]=[N+]=NCB(Cc1cc(NC(=O)/C=C/c2cnccc2-c2cnn(CN=[N+]=[N-])c2)ccc1CN=[N+]=[N-])C(=O)CN=[N+]=[N-]. The van der Waals surface area contributed by atoms with E-state index >= 15 is 0 Å². The van der Waals surface area contributed by atoms with Gasteiger partial charge in [0, 0.05) is 67.6 Å². The molecule has 2 aromatic heterocycles. The van der Waals surface area contributed by atoms with Gasteiger partial charge in [0.15, 0.2) is 0 Å². The van der Waals surface area contributed by atoms with E-state index < -0.39 is 24.8 Å². The van der Waals surface area contributed by atoms with Crippen molar-refractivity contribution in [1.29, 1.82) is 0 Å². The zero-order valence-electron chi connectivity index (χ0n) is 21.9. The highest BCUT2D eigenvalue weighted by Crippen LogP contribution is 2.24. The van der Waals surface area contributed by atoms with Crippen LogP contribution < -0.4 is 5.32 Å². The fourth-order valence-electron chi connectivity index (χ4n) is 3.89. The van der Waals surface area contributed by atoms with Gasteiger partial charge < -0.3 is 10.1 Å². The van der Waals surface area contributed by atoms with Crippen molar-refractivity contribution in [3.05, 3.63) is 114 Å². The van der Waals surface area contributed by atoms with Crippen molar-refractivity contribution in [2.24, 2.45) is 20.5 Å². The summed E-state index contributed by atoms with van der Waals surface area (Å²) in [6.45, 7) is -1.20. The zero-order valence-corrected chi connectivity index (χ0v) is 21.9. The summed E-state index contributed by atoms with van der Waals surface area (Å²) in [5, 5.41) is 20.8. The van der Waals surface area contributed by atoms with Crippen molar-refractivity contribution in [2.75, 3.05) is 18.3 Å². The van der Waals surface area contributed by atoms with Crippen molar-refractivity contribution in [3.63, 3.8) is 0 Å². The minimum Gasteiger partial charge on any atom is -0.323 e. The Morgan fingerprint density at radius 3 is 2.52 bits per heavy atom. The first-order chi connectivity index (χ1) is 20.5. The molecule has 3 rings (SSSR count). The van der Waals surface area contributed by atoms with Gasteiger partial charge in [0.05, 0.1) is 25.0 Å². The minimum atomic E-state index is -0.804. The molecule has 19 heteroatoms. The third-order valence-electron chi connectivity index (χ3n) is 5.84. The van der Waals surface area contributed by atoms with Crippen LogP contribution in [0.4, 0.5) is 5.69 Å². The summed E-state index contributed by atoms with van der Waals surface area (Å²) in [6, 6.07) is 6.66. The van der Waals surface area contributed by atoms with E-state index in [1.165, 1.54) is 10.8 Å². The smallest absolute Gasteiger partial charge is 0.248 e. The molecule has 42 heavy (non-hydrogen) atoms. The Morgan fingerprint density at radius 2 is 1.76 bits per heavy atom. The lowest BCUT2D eigenvalue weighted by atomic mass is 9.43. The summed E-state index contributed by atoms with van der Waals surface area (Å²) in [6.07, 6.45) is 9.32. The van der Waals surface area contributed by atoms with Gasteiger partial charge in [0.25, 0.3) is 0 Å². The molecule has 2 heterocycles. The van der Waals surface area contributed by atoms with Crippen LogP contribution in [0, 0.1) is 0 Å². The molecule has 0 radical (unpaired) electrons. The van der Waals surface area contributed by atoms with E-state index in [0.29, 0.717) is 22.4 Å². The van der Waals surface area contributed by atoms with Crippen LogP contribution in [0.1, 0.15) is 16.7 Å². The maximum atomic E-state index is 12.8. The molecule has 1 aromatic carbocycles. The molecule has 0 atom stereocenters. The van der Waals surface area contributed by atoms with Crippen molar-refractivity contribution in [3.8, 4) is 11.1 Å². The minimum absolute atomic E-state index is 0.0119. The average molecular weight is 564 g/mol. The van der Waals surface area contributed by atoms with Gasteiger partial charge in [-0.15, -0.1) is 5.11 Å². The van der Waals surface area contributed by atoms with Crippen LogP contribution in [-0.2, 0) is 29.1 Å². The number of nitrogens with zero attached hydrogens (tertiary/aromatic N) is 15. The molecule has 1 N–H and O–H groups in total. The van der Waals surface area contributed by atoms with Crippen LogP contribution in [0.2, 0.25) is 0 Å². The molecule has 3 aromatic rings. The fraction of sp³-hybridized carbons (Fsp3) is 0.217. The first kappa shape index (κ1) is 30.3. The van der Waals surface area contributed by atoms with E-state index in [4.69, 9.17) is 22.1 Å². The molecule has 1 amide bonds. The Bertz CT molecular complexity index is 1670. The number of pyridine rings is 1. The lowest BCUT2D eigenvalue weighted by Crippen LogP contribution is -2.34. The molecule has 0 aliphatic rings. The van der Waals surface area contributed by atoms with Crippen molar-refractivity contribution < 1.29 is 9.59 Å². The van der Waals surface area contributed by atoms with Gasteiger partial charge in [-0.25, -0.2) is 0 Å². The number of hydrogen-bond donors (Lipinski definition) is 1. The van der Waals surface area contributed by atoms with E-state index in [2.05, 4.69) is 55.5 Å². The summed E-state index contributed by atoms with van der Waals surface area (Å²) >= 11 is 0. The summed E-state index contributed by atoms with van der Waals surface area (Å²) < 4.78 is 1.47. The third kappa shape index (κ3) is 8.91. The predicted molar refractivity (Wildman–Crippen MR) is 154 cm³/mol. The second-order valence-corrected chi connectivity index (χ2v) is 8.47. The molecule has 18 nitrogen and oxygen atoms in total. The molecule has 0 saturated heterocycles. The Hall–Kier alpha value is -6.24. The summed E-state index contributed by atoms with van der Waals surface area (Å²) in [5.41, 5.74) is 37.8. The van der Waals surface area contributed by atoms with Crippen LogP contribution in [0.15, 0.2) is 75.6 Å². The molecule has 0 fully saturated rings.